The van der Waals surface area contributed by atoms with Crippen molar-refractivity contribution in [3.63, 3.8) is 0 Å². The van der Waals surface area contributed by atoms with Crippen LogP contribution in [0.2, 0.25) is 0 Å². The van der Waals surface area contributed by atoms with Crippen LogP contribution in [0.4, 0.5) is 4.39 Å². The molecule has 16 heavy (non-hydrogen) atoms. The topological polar surface area (TPSA) is 23.5 Å². The van der Waals surface area contributed by atoms with Crippen molar-refractivity contribution in [1.82, 2.24) is 4.90 Å². The molecule has 0 unspecified atom stereocenters. The molecule has 1 fully saturated rings. The van der Waals surface area contributed by atoms with Gasteiger partial charge in [-0.25, -0.2) is 4.39 Å². The Balaban J connectivity index is 1.95. The van der Waals surface area contributed by atoms with Crippen molar-refractivity contribution in [3.05, 3.63) is 35.6 Å². The van der Waals surface area contributed by atoms with Crippen LogP contribution in [0, 0.1) is 11.7 Å². The first kappa shape index (κ1) is 11.6. The molecule has 0 saturated carbocycles. The quantitative estimate of drug-likeness (QED) is 0.829. The van der Waals surface area contributed by atoms with E-state index >= 15 is 0 Å². The lowest BCUT2D eigenvalue weighted by Gasteiger charge is -2.34. The smallest absolute Gasteiger partial charge is 0.123 e. The molecular formula is C13H18FNO. The van der Waals surface area contributed by atoms with Gasteiger partial charge in [0.2, 0.25) is 0 Å². The Morgan fingerprint density at radius 3 is 3.00 bits per heavy atom. The summed E-state index contributed by atoms with van der Waals surface area (Å²) in [7, 11) is 0. The molecule has 2 atom stereocenters. The Bertz CT molecular complexity index is 356. The largest absolute Gasteiger partial charge is 0.393 e. The molecule has 1 aliphatic heterocycles. The summed E-state index contributed by atoms with van der Waals surface area (Å²) in [5.74, 6) is 0.130. The molecule has 1 aromatic rings. The van der Waals surface area contributed by atoms with Gasteiger partial charge in [-0.2, -0.15) is 0 Å². The fourth-order valence-electron chi connectivity index (χ4n) is 2.26. The first-order valence-corrected chi connectivity index (χ1v) is 5.80. The fraction of sp³-hybridized carbons (Fsp3) is 0.538. The first-order chi connectivity index (χ1) is 7.65. The average Bonchev–Trinajstić information content (AvgIpc) is 2.24. The average molecular weight is 223 g/mol. The molecule has 1 aromatic carbocycles. The minimum Gasteiger partial charge on any atom is -0.393 e. The maximum absolute atomic E-state index is 13.0. The summed E-state index contributed by atoms with van der Waals surface area (Å²) in [6, 6.07) is 6.73. The molecule has 0 amide bonds. The van der Waals surface area contributed by atoms with Crippen molar-refractivity contribution in [1.29, 1.82) is 0 Å². The number of aliphatic hydroxyl groups is 1. The Morgan fingerprint density at radius 1 is 1.50 bits per heavy atom. The van der Waals surface area contributed by atoms with Gasteiger partial charge in [0.05, 0.1) is 6.10 Å². The minimum atomic E-state index is -0.178. The predicted molar refractivity (Wildman–Crippen MR) is 61.5 cm³/mol. The normalized spacial score (nSPS) is 26.9. The summed E-state index contributed by atoms with van der Waals surface area (Å²) in [4.78, 5) is 2.27. The fourth-order valence-corrected chi connectivity index (χ4v) is 2.26. The summed E-state index contributed by atoms with van der Waals surface area (Å²) in [5.41, 5.74) is 1.00. The summed E-state index contributed by atoms with van der Waals surface area (Å²) in [6.45, 7) is 4.61. The number of hydrogen-bond donors (Lipinski definition) is 1. The standard InChI is InChI=1S/C13H18FNO/c1-10-8-15(6-5-13(10)16)9-11-3-2-4-12(14)7-11/h2-4,7,10,13,16H,5-6,8-9H2,1H3/t10-,13+/m0/s1. The highest BCUT2D eigenvalue weighted by Crippen LogP contribution is 2.18. The lowest BCUT2D eigenvalue weighted by molar-refractivity contribution is 0.0320. The van der Waals surface area contributed by atoms with Crippen molar-refractivity contribution in [2.24, 2.45) is 5.92 Å². The van der Waals surface area contributed by atoms with Crippen LogP contribution in [0.1, 0.15) is 18.9 Å². The number of nitrogens with zero attached hydrogens (tertiary/aromatic N) is 1. The van der Waals surface area contributed by atoms with Gasteiger partial charge >= 0.3 is 0 Å². The van der Waals surface area contributed by atoms with E-state index in [1.165, 1.54) is 6.07 Å². The van der Waals surface area contributed by atoms with Crippen LogP contribution in [0.25, 0.3) is 0 Å². The lowest BCUT2D eigenvalue weighted by Crippen LogP contribution is -2.41. The second-order valence-corrected chi connectivity index (χ2v) is 4.70. The molecule has 1 saturated heterocycles. The van der Waals surface area contributed by atoms with Gasteiger partial charge in [0, 0.05) is 19.6 Å². The maximum Gasteiger partial charge on any atom is 0.123 e. The molecule has 0 aromatic heterocycles. The van der Waals surface area contributed by atoms with Crippen molar-refractivity contribution >= 4 is 0 Å². The van der Waals surface area contributed by atoms with Crippen LogP contribution < -0.4 is 0 Å². The Hall–Kier alpha value is -0.930. The zero-order valence-corrected chi connectivity index (χ0v) is 9.56. The number of likely N-dealkylation sites (tertiary alicyclic amines) is 1. The van der Waals surface area contributed by atoms with Gasteiger partial charge in [-0.3, -0.25) is 4.90 Å². The van der Waals surface area contributed by atoms with E-state index in [0.717, 1.165) is 31.6 Å². The minimum absolute atomic E-state index is 0.177. The van der Waals surface area contributed by atoms with Gasteiger partial charge in [0.1, 0.15) is 5.82 Å². The molecule has 1 N–H and O–H groups in total. The van der Waals surface area contributed by atoms with Crippen molar-refractivity contribution < 1.29 is 9.50 Å². The highest BCUT2D eigenvalue weighted by Gasteiger charge is 2.23. The molecule has 0 radical (unpaired) electrons. The lowest BCUT2D eigenvalue weighted by atomic mass is 9.96. The van der Waals surface area contributed by atoms with Gasteiger partial charge in [0.25, 0.3) is 0 Å². The van der Waals surface area contributed by atoms with Crippen LogP contribution in [0.15, 0.2) is 24.3 Å². The zero-order valence-electron chi connectivity index (χ0n) is 9.56. The molecule has 2 rings (SSSR count). The monoisotopic (exact) mass is 223 g/mol. The van der Waals surface area contributed by atoms with E-state index in [-0.39, 0.29) is 11.9 Å². The Labute approximate surface area is 95.7 Å². The predicted octanol–water partition coefficient (Wildman–Crippen LogP) is 2.03. The third-order valence-corrected chi connectivity index (χ3v) is 3.24. The Kier molecular flexibility index (Phi) is 3.56. The van der Waals surface area contributed by atoms with Crippen LogP contribution in [0.3, 0.4) is 0 Å². The summed E-state index contributed by atoms with van der Waals surface area (Å²) >= 11 is 0. The van der Waals surface area contributed by atoms with Gasteiger partial charge in [-0.05, 0) is 30.0 Å². The molecule has 2 nitrogen and oxygen atoms in total. The highest BCUT2D eigenvalue weighted by atomic mass is 19.1. The van der Waals surface area contributed by atoms with E-state index in [4.69, 9.17) is 0 Å². The zero-order chi connectivity index (χ0) is 11.5. The van der Waals surface area contributed by atoms with E-state index in [9.17, 15) is 9.50 Å². The van der Waals surface area contributed by atoms with E-state index in [0.29, 0.717) is 5.92 Å². The molecule has 0 spiro atoms. The van der Waals surface area contributed by atoms with E-state index in [1.54, 1.807) is 12.1 Å². The van der Waals surface area contributed by atoms with Gasteiger partial charge in [0.15, 0.2) is 0 Å². The highest BCUT2D eigenvalue weighted by molar-refractivity contribution is 5.16. The van der Waals surface area contributed by atoms with Crippen molar-refractivity contribution in [3.8, 4) is 0 Å². The van der Waals surface area contributed by atoms with E-state index in [1.807, 2.05) is 6.07 Å². The molecule has 1 heterocycles. The van der Waals surface area contributed by atoms with Crippen LogP contribution in [-0.2, 0) is 6.54 Å². The molecule has 3 heteroatoms. The number of rotatable bonds is 2. The maximum atomic E-state index is 13.0. The Morgan fingerprint density at radius 2 is 2.31 bits per heavy atom. The van der Waals surface area contributed by atoms with Crippen LogP contribution in [0.5, 0.6) is 0 Å². The van der Waals surface area contributed by atoms with E-state index < -0.39 is 0 Å². The summed E-state index contributed by atoms with van der Waals surface area (Å²) < 4.78 is 13.0. The number of halogens is 1. The van der Waals surface area contributed by atoms with Crippen molar-refractivity contribution in [2.45, 2.75) is 26.0 Å². The second kappa shape index (κ2) is 4.93. The van der Waals surface area contributed by atoms with Gasteiger partial charge < -0.3 is 5.11 Å². The SMILES string of the molecule is C[C@H]1CN(Cc2cccc(F)c2)CC[C@H]1O. The number of hydrogen-bond acceptors (Lipinski definition) is 2. The van der Waals surface area contributed by atoms with Crippen LogP contribution in [-0.4, -0.2) is 29.2 Å². The summed E-state index contributed by atoms with van der Waals surface area (Å²) in [5, 5.41) is 9.62. The molecule has 1 aliphatic rings. The van der Waals surface area contributed by atoms with Crippen molar-refractivity contribution in [2.75, 3.05) is 13.1 Å². The molecule has 88 valence electrons. The van der Waals surface area contributed by atoms with Gasteiger partial charge in [-0.1, -0.05) is 19.1 Å². The summed E-state index contributed by atoms with van der Waals surface area (Å²) in [6.07, 6.45) is 0.639. The molecular weight excluding hydrogens is 205 g/mol. The third-order valence-electron chi connectivity index (χ3n) is 3.24. The second-order valence-electron chi connectivity index (χ2n) is 4.70. The molecule has 0 bridgehead atoms. The third kappa shape index (κ3) is 2.80. The molecule has 0 aliphatic carbocycles. The van der Waals surface area contributed by atoms with E-state index in [2.05, 4.69) is 11.8 Å². The number of benzene rings is 1. The number of aliphatic hydroxyl groups excluding tert-OH is 1. The van der Waals surface area contributed by atoms with Gasteiger partial charge in [-0.15, -0.1) is 0 Å². The first-order valence-electron chi connectivity index (χ1n) is 5.80. The number of piperidine rings is 1. The van der Waals surface area contributed by atoms with Crippen LogP contribution >= 0.6 is 0 Å².